The highest BCUT2D eigenvalue weighted by Crippen LogP contribution is 2.27. The van der Waals surface area contributed by atoms with Crippen molar-refractivity contribution in [3.63, 3.8) is 0 Å². The summed E-state index contributed by atoms with van der Waals surface area (Å²) in [6, 6.07) is 0. The molecule has 1 nitrogen and oxygen atoms in total. The fourth-order valence-corrected chi connectivity index (χ4v) is 3.38. The Bertz CT molecular complexity index is 153. The number of unbranched alkanes of at least 4 members (excludes halogenated alkanes) is 5. The molecule has 1 atom stereocenters. The fourth-order valence-electron chi connectivity index (χ4n) is 2.47. The third-order valence-electron chi connectivity index (χ3n) is 3.61. The van der Waals surface area contributed by atoms with Crippen LogP contribution in [0.25, 0.3) is 0 Å². The van der Waals surface area contributed by atoms with Gasteiger partial charge in [0.05, 0.1) is 0 Å². The van der Waals surface area contributed by atoms with Gasteiger partial charge in [0.15, 0.2) is 0 Å². The summed E-state index contributed by atoms with van der Waals surface area (Å²) in [5.74, 6) is 0. The van der Waals surface area contributed by atoms with Crippen LogP contribution in [0.1, 0.15) is 71.1 Å². The van der Waals surface area contributed by atoms with Gasteiger partial charge in [0.2, 0.25) is 0 Å². The van der Waals surface area contributed by atoms with Crippen LogP contribution in [0.2, 0.25) is 0 Å². The largest absolute Gasteiger partial charge is 0.380 e. The number of hydrogen-bond donors (Lipinski definition) is 0. The maximum absolute atomic E-state index is 5.95. The summed E-state index contributed by atoms with van der Waals surface area (Å²) in [5, 5.41) is 0.364. The highest BCUT2D eigenvalue weighted by atomic mass is 28.1. The van der Waals surface area contributed by atoms with E-state index in [2.05, 4.69) is 6.92 Å². The molecule has 1 rings (SSSR count). The average molecular weight is 228 g/mol. The van der Waals surface area contributed by atoms with Crippen molar-refractivity contribution in [3.8, 4) is 0 Å². The van der Waals surface area contributed by atoms with Crippen LogP contribution in [0.5, 0.6) is 0 Å². The molecule has 90 valence electrons. The summed E-state index contributed by atoms with van der Waals surface area (Å²) in [5.41, 5.74) is 0. The van der Waals surface area contributed by atoms with Gasteiger partial charge in [-0.2, -0.15) is 0 Å². The van der Waals surface area contributed by atoms with Crippen molar-refractivity contribution >= 4 is 10.2 Å². The fraction of sp³-hybridized carbons (Fsp3) is 1.00. The van der Waals surface area contributed by atoms with Gasteiger partial charge in [-0.15, -0.1) is 0 Å². The number of ether oxygens (including phenoxy) is 1. The maximum atomic E-state index is 5.95. The van der Waals surface area contributed by atoms with Crippen LogP contribution in [0.15, 0.2) is 0 Å². The average Bonchev–Trinajstić information content (AvgIpc) is 2.24. The third-order valence-corrected chi connectivity index (χ3v) is 4.90. The van der Waals surface area contributed by atoms with Gasteiger partial charge in [0.1, 0.15) is 0 Å². The summed E-state index contributed by atoms with van der Waals surface area (Å²) < 4.78 is 5.95. The van der Waals surface area contributed by atoms with Crippen LogP contribution < -0.4 is 0 Å². The van der Waals surface area contributed by atoms with Crippen molar-refractivity contribution in [1.29, 1.82) is 0 Å². The molecule has 2 heteroatoms. The Morgan fingerprint density at radius 2 is 1.80 bits per heavy atom. The Morgan fingerprint density at radius 1 is 1.07 bits per heavy atom. The Kier molecular flexibility index (Phi) is 6.58. The minimum absolute atomic E-state index is 0.364. The Balaban J connectivity index is 1.98. The van der Waals surface area contributed by atoms with Gasteiger partial charge in [-0.1, -0.05) is 45.4 Å². The molecule has 0 aliphatic carbocycles. The number of hydrogen-bond acceptors (Lipinski definition) is 1. The normalized spacial score (nSPS) is 27.0. The summed E-state index contributed by atoms with van der Waals surface area (Å²) >= 11 is 0. The van der Waals surface area contributed by atoms with E-state index in [4.69, 9.17) is 4.74 Å². The van der Waals surface area contributed by atoms with Crippen molar-refractivity contribution in [2.45, 2.75) is 76.4 Å². The van der Waals surface area contributed by atoms with Gasteiger partial charge in [-0.25, -0.2) is 0 Å². The van der Waals surface area contributed by atoms with Crippen LogP contribution in [-0.2, 0) is 4.74 Å². The van der Waals surface area contributed by atoms with Gasteiger partial charge in [-0.05, 0) is 25.7 Å². The summed E-state index contributed by atoms with van der Waals surface area (Å²) in [4.78, 5) is 0. The Labute approximate surface area is 98.4 Å². The highest BCUT2D eigenvalue weighted by Gasteiger charge is 2.26. The van der Waals surface area contributed by atoms with Crippen LogP contribution in [-0.4, -0.2) is 22.1 Å². The molecular formula is C13H28OSi. The Morgan fingerprint density at radius 3 is 2.47 bits per heavy atom. The molecule has 1 fully saturated rings. The standard InChI is InChI=1S/C13H28OSi/c1-2-3-4-5-6-7-10-13(15)11-8-9-12-14-13/h2-12H2,1,15H3. The van der Waals surface area contributed by atoms with Crippen LogP contribution in [0.3, 0.4) is 0 Å². The predicted octanol–water partition coefficient (Wildman–Crippen LogP) is 3.00. The molecule has 0 saturated carbocycles. The zero-order valence-corrected chi connectivity index (χ0v) is 12.7. The topological polar surface area (TPSA) is 9.23 Å². The van der Waals surface area contributed by atoms with E-state index in [0.717, 1.165) is 6.61 Å². The third kappa shape index (κ3) is 5.72. The molecular weight excluding hydrogens is 200 g/mol. The SMILES string of the molecule is CCCCCCCCC1([SiH3])CCCCO1. The smallest absolute Gasteiger partial charge is 0.0486 e. The van der Waals surface area contributed by atoms with E-state index in [0.29, 0.717) is 5.22 Å². The minimum atomic E-state index is 0.364. The zero-order chi connectivity index (χ0) is 11.0. The molecule has 1 aliphatic heterocycles. The van der Waals surface area contributed by atoms with E-state index in [1.165, 1.54) is 74.5 Å². The van der Waals surface area contributed by atoms with E-state index < -0.39 is 0 Å². The molecule has 0 radical (unpaired) electrons. The van der Waals surface area contributed by atoms with Crippen LogP contribution in [0, 0.1) is 0 Å². The van der Waals surface area contributed by atoms with Crippen molar-refractivity contribution in [3.05, 3.63) is 0 Å². The van der Waals surface area contributed by atoms with E-state index in [-0.39, 0.29) is 0 Å². The van der Waals surface area contributed by atoms with Gasteiger partial charge in [-0.3, -0.25) is 0 Å². The molecule has 0 aromatic heterocycles. The molecule has 1 unspecified atom stereocenters. The molecule has 0 aromatic carbocycles. The summed E-state index contributed by atoms with van der Waals surface area (Å²) in [6.45, 7) is 3.31. The Hall–Kier alpha value is 0.177. The lowest BCUT2D eigenvalue weighted by Crippen LogP contribution is -2.36. The van der Waals surface area contributed by atoms with Crippen molar-refractivity contribution in [2.24, 2.45) is 0 Å². The maximum Gasteiger partial charge on any atom is 0.0486 e. The van der Waals surface area contributed by atoms with Crippen LogP contribution in [0.4, 0.5) is 0 Å². The van der Waals surface area contributed by atoms with Crippen molar-refractivity contribution < 1.29 is 4.74 Å². The first-order valence-corrected chi connectivity index (χ1v) is 7.91. The first-order chi connectivity index (χ1) is 7.27. The first kappa shape index (κ1) is 13.2. The molecule has 1 heterocycles. The van der Waals surface area contributed by atoms with E-state index in [9.17, 15) is 0 Å². The molecule has 0 N–H and O–H groups in total. The second-order valence-electron chi connectivity index (χ2n) is 5.27. The van der Waals surface area contributed by atoms with Gasteiger partial charge in [0, 0.05) is 22.1 Å². The minimum Gasteiger partial charge on any atom is -0.380 e. The molecule has 1 aliphatic rings. The lowest BCUT2D eigenvalue weighted by atomic mass is 10.0. The first-order valence-electron chi connectivity index (χ1n) is 6.91. The summed E-state index contributed by atoms with van der Waals surface area (Å²) in [6.07, 6.45) is 13.8. The van der Waals surface area contributed by atoms with Crippen LogP contribution >= 0.6 is 0 Å². The zero-order valence-electron chi connectivity index (χ0n) is 10.7. The van der Waals surface area contributed by atoms with Gasteiger partial charge >= 0.3 is 0 Å². The van der Waals surface area contributed by atoms with Crippen molar-refractivity contribution in [2.75, 3.05) is 6.61 Å². The molecule has 0 spiro atoms. The lowest BCUT2D eigenvalue weighted by Gasteiger charge is -2.34. The molecule has 0 amide bonds. The van der Waals surface area contributed by atoms with E-state index in [1.54, 1.807) is 0 Å². The highest BCUT2D eigenvalue weighted by molar-refractivity contribution is 6.14. The molecule has 0 bridgehead atoms. The molecule has 15 heavy (non-hydrogen) atoms. The molecule has 1 saturated heterocycles. The van der Waals surface area contributed by atoms with Gasteiger partial charge in [0.25, 0.3) is 0 Å². The monoisotopic (exact) mass is 228 g/mol. The quantitative estimate of drug-likeness (QED) is 0.481. The second kappa shape index (κ2) is 7.45. The second-order valence-corrected chi connectivity index (χ2v) is 7.10. The summed E-state index contributed by atoms with van der Waals surface area (Å²) in [7, 11) is 1.23. The van der Waals surface area contributed by atoms with E-state index >= 15 is 0 Å². The lowest BCUT2D eigenvalue weighted by molar-refractivity contribution is -0.0240. The van der Waals surface area contributed by atoms with E-state index in [1.807, 2.05) is 0 Å². The van der Waals surface area contributed by atoms with Crippen molar-refractivity contribution in [1.82, 2.24) is 0 Å². The number of rotatable bonds is 7. The molecule has 0 aromatic rings. The van der Waals surface area contributed by atoms with Gasteiger partial charge < -0.3 is 4.74 Å². The predicted molar refractivity (Wildman–Crippen MR) is 70.5 cm³/mol.